The molecular weight excluding hydrogens is 202 g/mol. The first-order chi connectivity index (χ1) is 6.65. The number of rotatable bonds is 3. The van der Waals surface area contributed by atoms with Gasteiger partial charge in [0.15, 0.2) is 0 Å². The minimum absolute atomic E-state index is 0.196. The lowest BCUT2D eigenvalue weighted by Gasteiger charge is -2.04. The van der Waals surface area contributed by atoms with Crippen molar-refractivity contribution in [1.82, 2.24) is 5.32 Å². The van der Waals surface area contributed by atoms with Crippen molar-refractivity contribution in [1.29, 1.82) is 0 Å². The minimum Gasteiger partial charge on any atom is -0.398 e. The Balaban J connectivity index is 2.76. The van der Waals surface area contributed by atoms with Crippen LogP contribution in [0.1, 0.15) is 10.4 Å². The number of nitrogens with two attached hydrogens (primary N) is 2. The van der Waals surface area contributed by atoms with Crippen LogP contribution < -0.4 is 16.8 Å². The number of halogens is 1. The predicted octanol–water partition coefficient (Wildman–Crippen LogP) is 0.611. The van der Waals surface area contributed by atoms with E-state index in [0.29, 0.717) is 29.4 Å². The van der Waals surface area contributed by atoms with Crippen LogP contribution >= 0.6 is 11.6 Å². The molecule has 1 rings (SSSR count). The Hall–Kier alpha value is -1.26. The zero-order valence-corrected chi connectivity index (χ0v) is 8.34. The summed E-state index contributed by atoms with van der Waals surface area (Å²) >= 11 is 5.71. The summed E-state index contributed by atoms with van der Waals surface area (Å²) in [5.41, 5.74) is 11.7. The smallest absolute Gasteiger partial charge is 0.251 e. The van der Waals surface area contributed by atoms with Crippen molar-refractivity contribution in [2.45, 2.75) is 0 Å². The van der Waals surface area contributed by atoms with Gasteiger partial charge >= 0.3 is 0 Å². The van der Waals surface area contributed by atoms with Gasteiger partial charge in [0, 0.05) is 18.7 Å². The van der Waals surface area contributed by atoms with E-state index in [9.17, 15) is 4.79 Å². The summed E-state index contributed by atoms with van der Waals surface area (Å²) in [5.74, 6) is -0.196. The number of carbonyl (C=O) groups is 1. The maximum absolute atomic E-state index is 11.4. The van der Waals surface area contributed by atoms with Gasteiger partial charge in [0.25, 0.3) is 5.91 Å². The minimum atomic E-state index is -0.196. The second-order valence-corrected chi connectivity index (χ2v) is 3.19. The largest absolute Gasteiger partial charge is 0.398 e. The van der Waals surface area contributed by atoms with Gasteiger partial charge in [-0.05, 0) is 18.2 Å². The summed E-state index contributed by atoms with van der Waals surface area (Å²) in [4.78, 5) is 11.4. The molecule has 0 fully saturated rings. The van der Waals surface area contributed by atoms with Crippen LogP contribution in [0.4, 0.5) is 5.69 Å². The number of carbonyl (C=O) groups excluding carboxylic acids is 1. The van der Waals surface area contributed by atoms with E-state index in [2.05, 4.69) is 5.32 Å². The number of anilines is 1. The van der Waals surface area contributed by atoms with Crippen molar-refractivity contribution in [3.8, 4) is 0 Å². The van der Waals surface area contributed by atoms with Crippen molar-refractivity contribution in [2.75, 3.05) is 18.8 Å². The number of nitrogens with one attached hydrogen (secondary N) is 1. The SMILES string of the molecule is NCCNC(=O)c1ccc(Cl)c(N)c1. The maximum Gasteiger partial charge on any atom is 0.251 e. The van der Waals surface area contributed by atoms with E-state index in [1.807, 2.05) is 0 Å². The second kappa shape index (κ2) is 4.83. The fourth-order valence-corrected chi connectivity index (χ4v) is 1.09. The third-order valence-electron chi connectivity index (χ3n) is 1.69. The van der Waals surface area contributed by atoms with E-state index in [0.717, 1.165) is 0 Å². The Morgan fingerprint density at radius 1 is 1.50 bits per heavy atom. The lowest BCUT2D eigenvalue weighted by atomic mass is 10.2. The number of hydrogen-bond donors (Lipinski definition) is 3. The number of nitrogen functional groups attached to an aromatic ring is 1. The molecule has 5 N–H and O–H groups in total. The molecule has 0 aliphatic heterocycles. The van der Waals surface area contributed by atoms with Gasteiger partial charge in [0.05, 0.1) is 10.7 Å². The van der Waals surface area contributed by atoms with E-state index in [1.54, 1.807) is 12.1 Å². The quantitative estimate of drug-likeness (QED) is 0.644. The zero-order valence-electron chi connectivity index (χ0n) is 7.59. The monoisotopic (exact) mass is 213 g/mol. The van der Waals surface area contributed by atoms with Crippen molar-refractivity contribution < 1.29 is 4.79 Å². The van der Waals surface area contributed by atoms with E-state index in [1.165, 1.54) is 6.07 Å². The highest BCUT2D eigenvalue weighted by Crippen LogP contribution is 2.19. The molecule has 76 valence electrons. The molecule has 5 heteroatoms. The van der Waals surface area contributed by atoms with Gasteiger partial charge in [-0.15, -0.1) is 0 Å². The first-order valence-corrected chi connectivity index (χ1v) is 4.56. The molecule has 0 atom stereocenters. The van der Waals surface area contributed by atoms with Gasteiger partial charge in [0.2, 0.25) is 0 Å². The highest BCUT2D eigenvalue weighted by Gasteiger charge is 2.05. The Labute approximate surface area is 87.2 Å². The van der Waals surface area contributed by atoms with E-state index < -0.39 is 0 Å². The van der Waals surface area contributed by atoms with Crippen LogP contribution in [0.15, 0.2) is 18.2 Å². The van der Waals surface area contributed by atoms with Crippen LogP contribution in [0.25, 0.3) is 0 Å². The molecule has 14 heavy (non-hydrogen) atoms. The van der Waals surface area contributed by atoms with Gasteiger partial charge in [-0.25, -0.2) is 0 Å². The van der Waals surface area contributed by atoms with Crippen molar-refractivity contribution in [2.24, 2.45) is 5.73 Å². The molecule has 0 unspecified atom stereocenters. The van der Waals surface area contributed by atoms with Gasteiger partial charge < -0.3 is 16.8 Å². The molecule has 1 aromatic carbocycles. The van der Waals surface area contributed by atoms with E-state index >= 15 is 0 Å². The third-order valence-corrected chi connectivity index (χ3v) is 2.03. The summed E-state index contributed by atoms with van der Waals surface area (Å²) in [6, 6.07) is 4.74. The molecule has 0 spiro atoms. The average molecular weight is 214 g/mol. The van der Waals surface area contributed by atoms with Crippen LogP contribution in [-0.2, 0) is 0 Å². The summed E-state index contributed by atoms with van der Waals surface area (Å²) in [6.07, 6.45) is 0. The maximum atomic E-state index is 11.4. The molecule has 0 saturated heterocycles. The Bertz CT molecular complexity index is 341. The van der Waals surface area contributed by atoms with Crippen LogP contribution in [0.5, 0.6) is 0 Å². The van der Waals surface area contributed by atoms with Crippen LogP contribution in [0.2, 0.25) is 5.02 Å². The fourth-order valence-electron chi connectivity index (χ4n) is 0.973. The zero-order chi connectivity index (χ0) is 10.6. The van der Waals surface area contributed by atoms with Gasteiger partial charge in [-0.1, -0.05) is 11.6 Å². The van der Waals surface area contributed by atoms with Crippen LogP contribution in [0, 0.1) is 0 Å². The molecule has 0 aliphatic rings. The average Bonchev–Trinajstić information content (AvgIpc) is 2.18. The Morgan fingerprint density at radius 2 is 2.21 bits per heavy atom. The fraction of sp³-hybridized carbons (Fsp3) is 0.222. The van der Waals surface area contributed by atoms with Crippen molar-refractivity contribution >= 4 is 23.2 Å². The number of amides is 1. The van der Waals surface area contributed by atoms with Gasteiger partial charge in [0.1, 0.15) is 0 Å². The predicted molar refractivity (Wildman–Crippen MR) is 57.3 cm³/mol. The summed E-state index contributed by atoms with van der Waals surface area (Å²) in [7, 11) is 0. The molecule has 0 heterocycles. The Morgan fingerprint density at radius 3 is 2.79 bits per heavy atom. The summed E-state index contributed by atoms with van der Waals surface area (Å²) in [6.45, 7) is 0.857. The van der Waals surface area contributed by atoms with Crippen molar-refractivity contribution in [3.63, 3.8) is 0 Å². The molecule has 0 aromatic heterocycles. The second-order valence-electron chi connectivity index (χ2n) is 2.78. The third kappa shape index (κ3) is 2.61. The number of benzene rings is 1. The number of hydrogen-bond acceptors (Lipinski definition) is 3. The van der Waals surface area contributed by atoms with Crippen molar-refractivity contribution in [3.05, 3.63) is 28.8 Å². The molecular formula is C9H12ClN3O. The lowest BCUT2D eigenvalue weighted by Crippen LogP contribution is -2.28. The standard InChI is InChI=1S/C9H12ClN3O/c10-7-2-1-6(5-8(7)12)9(14)13-4-3-11/h1-2,5H,3-4,11-12H2,(H,13,14). The molecule has 0 aliphatic carbocycles. The van der Waals surface area contributed by atoms with Crippen LogP contribution in [0.3, 0.4) is 0 Å². The van der Waals surface area contributed by atoms with Gasteiger partial charge in [-0.2, -0.15) is 0 Å². The molecule has 4 nitrogen and oxygen atoms in total. The molecule has 1 aromatic rings. The van der Waals surface area contributed by atoms with E-state index in [-0.39, 0.29) is 5.91 Å². The first kappa shape index (κ1) is 10.8. The molecule has 0 bridgehead atoms. The van der Waals surface area contributed by atoms with Crippen LogP contribution in [-0.4, -0.2) is 19.0 Å². The highest BCUT2D eigenvalue weighted by atomic mass is 35.5. The normalized spacial score (nSPS) is 9.86. The highest BCUT2D eigenvalue weighted by molar-refractivity contribution is 6.33. The van der Waals surface area contributed by atoms with E-state index in [4.69, 9.17) is 23.1 Å². The molecule has 1 amide bonds. The summed E-state index contributed by atoms with van der Waals surface area (Å²) in [5, 5.41) is 3.08. The lowest BCUT2D eigenvalue weighted by molar-refractivity contribution is 0.0955. The molecule has 0 radical (unpaired) electrons. The Kier molecular flexibility index (Phi) is 3.73. The topological polar surface area (TPSA) is 81.1 Å². The summed E-state index contributed by atoms with van der Waals surface area (Å²) < 4.78 is 0. The van der Waals surface area contributed by atoms with Gasteiger partial charge in [-0.3, -0.25) is 4.79 Å². The first-order valence-electron chi connectivity index (χ1n) is 4.18. The molecule has 0 saturated carbocycles.